The predicted octanol–water partition coefficient (Wildman–Crippen LogP) is 3.97. The lowest BCUT2D eigenvalue weighted by Crippen LogP contribution is -2.31. The van der Waals surface area contributed by atoms with E-state index in [0.29, 0.717) is 12.6 Å². The van der Waals surface area contributed by atoms with Crippen LogP contribution in [0.5, 0.6) is 0 Å². The monoisotopic (exact) mass is 303 g/mol. The minimum Gasteiger partial charge on any atom is -0.349 e. The van der Waals surface area contributed by atoms with Gasteiger partial charge in [-0.1, -0.05) is 19.4 Å². The molecule has 0 saturated carbocycles. The maximum absolute atomic E-state index is 5.85. The molecule has 0 unspecified atom stereocenters. The fraction of sp³-hybridized carbons (Fsp3) is 0.471. The summed E-state index contributed by atoms with van der Waals surface area (Å²) in [6, 6.07) is 8.95. The van der Waals surface area contributed by atoms with Gasteiger partial charge >= 0.3 is 0 Å². The number of aromatic nitrogens is 1. The molecule has 2 heterocycles. The molecule has 0 aliphatic rings. The number of hydrogen-bond donors (Lipinski definition) is 1. The third-order valence-corrected chi connectivity index (χ3v) is 4.35. The molecule has 3 nitrogen and oxygen atoms in total. The van der Waals surface area contributed by atoms with Crippen LogP contribution in [0.25, 0.3) is 0 Å². The Hall–Kier alpha value is -1.39. The Morgan fingerprint density at radius 1 is 1.33 bits per heavy atom. The van der Waals surface area contributed by atoms with Gasteiger partial charge in [0.25, 0.3) is 0 Å². The topological polar surface area (TPSA) is 42.1 Å². The Kier molecular flexibility index (Phi) is 5.76. The molecule has 0 fully saturated rings. The van der Waals surface area contributed by atoms with Gasteiger partial charge in [-0.15, -0.1) is 11.3 Å². The van der Waals surface area contributed by atoms with Crippen molar-refractivity contribution in [3.8, 4) is 0 Å². The van der Waals surface area contributed by atoms with Gasteiger partial charge in [0.1, 0.15) is 5.82 Å². The second-order valence-electron chi connectivity index (χ2n) is 5.58. The van der Waals surface area contributed by atoms with Gasteiger partial charge in [0.2, 0.25) is 0 Å². The highest BCUT2D eigenvalue weighted by atomic mass is 32.1. The average Bonchev–Trinajstić information content (AvgIpc) is 2.97. The van der Waals surface area contributed by atoms with Crippen molar-refractivity contribution in [3.63, 3.8) is 0 Å². The van der Waals surface area contributed by atoms with Crippen molar-refractivity contribution in [2.45, 2.75) is 52.7 Å². The summed E-state index contributed by atoms with van der Waals surface area (Å²) in [5.74, 6) is 1.05. The maximum atomic E-state index is 5.85. The molecular formula is C17H25N3S. The Morgan fingerprint density at radius 3 is 2.71 bits per heavy atom. The molecule has 0 saturated heterocycles. The van der Waals surface area contributed by atoms with Crippen molar-refractivity contribution in [2.75, 3.05) is 4.90 Å². The van der Waals surface area contributed by atoms with Crippen LogP contribution in [0, 0.1) is 0 Å². The third kappa shape index (κ3) is 4.29. The number of anilines is 1. The molecule has 4 heteroatoms. The van der Waals surface area contributed by atoms with Gasteiger partial charge in [0.05, 0.1) is 6.54 Å². The first-order valence-corrected chi connectivity index (χ1v) is 8.51. The standard InChI is InChI=1S/C17H25N3S/c1-4-6-15-9-14(11-18)10-17(19-15)20(13(2)3)12-16-7-5-8-21-16/h5,7-10,13H,4,6,11-12,18H2,1-3H3. The van der Waals surface area contributed by atoms with Gasteiger partial charge in [-0.25, -0.2) is 4.98 Å². The third-order valence-electron chi connectivity index (χ3n) is 3.49. The van der Waals surface area contributed by atoms with E-state index in [-0.39, 0.29) is 0 Å². The average molecular weight is 303 g/mol. The van der Waals surface area contributed by atoms with E-state index >= 15 is 0 Å². The number of pyridine rings is 1. The molecule has 0 aliphatic heterocycles. The maximum Gasteiger partial charge on any atom is 0.129 e. The van der Waals surface area contributed by atoms with Crippen LogP contribution in [-0.2, 0) is 19.5 Å². The van der Waals surface area contributed by atoms with Crippen LogP contribution >= 0.6 is 11.3 Å². The van der Waals surface area contributed by atoms with Crippen LogP contribution in [-0.4, -0.2) is 11.0 Å². The Bertz CT molecular complexity index is 549. The highest BCUT2D eigenvalue weighted by molar-refractivity contribution is 7.09. The molecule has 2 N–H and O–H groups in total. The van der Waals surface area contributed by atoms with E-state index in [4.69, 9.17) is 10.7 Å². The summed E-state index contributed by atoms with van der Waals surface area (Å²) in [5, 5.41) is 2.13. The molecule has 0 bridgehead atoms. The highest BCUT2D eigenvalue weighted by Crippen LogP contribution is 2.22. The fourth-order valence-electron chi connectivity index (χ4n) is 2.38. The minimum atomic E-state index is 0.405. The lowest BCUT2D eigenvalue weighted by Gasteiger charge is -2.28. The smallest absolute Gasteiger partial charge is 0.129 e. The summed E-state index contributed by atoms with van der Waals surface area (Å²) in [6.07, 6.45) is 2.11. The molecule has 2 aromatic rings. The molecular weight excluding hydrogens is 278 g/mol. The Morgan fingerprint density at radius 2 is 2.14 bits per heavy atom. The highest BCUT2D eigenvalue weighted by Gasteiger charge is 2.15. The van der Waals surface area contributed by atoms with Crippen molar-refractivity contribution in [1.29, 1.82) is 0 Å². The molecule has 0 aliphatic carbocycles. The van der Waals surface area contributed by atoms with Crippen LogP contribution in [0.1, 0.15) is 43.3 Å². The summed E-state index contributed by atoms with van der Waals surface area (Å²) in [5.41, 5.74) is 8.16. The van der Waals surface area contributed by atoms with Crippen LogP contribution in [0.15, 0.2) is 29.6 Å². The van der Waals surface area contributed by atoms with Crippen LogP contribution < -0.4 is 10.6 Å². The molecule has 114 valence electrons. The zero-order valence-electron chi connectivity index (χ0n) is 13.2. The summed E-state index contributed by atoms with van der Waals surface area (Å²) < 4.78 is 0. The number of aryl methyl sites for hydroxylation is 1. The van der Waals surface area contributed by atoms with E-state index in [1.807, 2.05) is 0 Å². The first-order valence-electron chi connectivity index (χ1n) is 7.63. The first-order chi connectivity index (χ1) is 10.1. The molecule has 0 spiro atoms. The molecule has 2 aromatic heterocycles. The van der Waals surface area contributed by atoms with Crippen molar-refractivity contribution in [2.24, 2.45) is 5.73 Å². The Labute approximate surface area is 131 Å². The summed E-state index contributed by atoms with van der Waals surface area (Å²) >= 11 is 1.79. The number of nitrogens with zero attached hydrogens (tertiary/aromatic N) is 2. The van der Waals surface area contributed by atoms with E-state index in [0.717, 1.165) is 30.9 Å². The first kappa shape index (κ1) is 16.0. The van der Waals surface area contributed by atoms with Gasteiger partial charge in [0.15, 0.2) is 0 Å². The number of hydrogen-bond acceptors (Lipinski definition) is 4. The van der Waals surface area contributed by atoms with E-state index in [1.165, 1.54) is 10.4 Å². The van der Waals surface area contributed by atoms with E-state index in [1.54, 1.807) is 11.3 Å². The molecule has 2 rings (SSSR count). The summed E-state index contributed by atoms with van der Waals surface area (Å²) in [6.45, 7) is 8.08. The molecule has 0 radical (unpaired) electrons. The van der Waals surface area contributed by atoms with E-state index in [9.17, 15) is 0 Å². The van der Waals surface area contributed by atoms with Crippen molar-refractivity contribution < 1.29 is 0 Å². The quantitative estimate of drug-likeness (QED) is 0.841. The van der Waals surface area contributed by atoms with Gasteiger partial charge < -0.3 is 10.6 Å². The van der Waals surface area contributed by atoms with Crippen LogP contribution in [0.3, 0.4) is 0 Å². The van der Waals surface area contributed by atoms with Crippen molar-refractivity contribution in [3.05, 3.63) is 45.8 Å². The van der Waals surface area contributed by atoms with Crippen LogP contribution in [0.2, 0.25) is 0 Å². The second kappa shape index (κ2) is 7.57. The second-order valence-corrected chi connectivity index (χ2v) is 6.61. The SMILES string of the molecule is CCCc1cc(CN)cc(N(Cc2cccs2)C(C)C)n1. The lowest BCUT2D eigenvalue weighted by atomic mass is 10.1. The molecule has 21 heavy (non-hydrogen) atoms. The molecule has 0 atom stereocenters. The van der Waals surface area contributed by atoms with Crippen LogP contribution in [0.4, 0.5) is 5.82 Å². The van der Waals surface area contributed by atoms with Gasteiger partial charge in [-0.2, -0.15) is 0 Å². The zero-order chi connectivity index (χ0) is 15.2. The predicted molar refractivity (Wildman–Crippen MR) is 91.8 cm³/mol. The molecule has 0 amide bonds. The zero-order valence-corrected chi connectivity index (χ0v) is 14.0. The number of thiophene rings is 1. The van der Waals surface area contributed by atoms with E-state index < -0.39 is 0 Å². The number of nitrogens with two attached hydrogens (primary N) is 1. The summed E-state index contributed by atoms with van der Waals surface area (Å²) in [4.78, 5) is 8.56. The number of rotatable bonds is 7. The normalized spacial score (nSPS) is 11.1. The van der Waals surface area contributed by atoms with Gasteiger partial charge in [-0.05, 0) is 49.4 Å². The minimum absolute atomic E-state index is 0.405. The van der Waals surface area contributed by atoms with E-state index in [2.05, 4.69) is 55.3 Å². The van der Waals surface area contributed by atoms with Gasteiger partial charge in [-0.3, -0.25) is 0 Å². The van der Waals surface area contributed by atoms with Crippen molar-refractivity contribution in [1.82, 2.24) is 4.98 Å². The largest absolute Gasteiger partial charge is 0.349 e. The van der Waals surface area contributed by atoms with Crippen molar-refractivity contribution >= 4 is 17.2 Å². The fourth-order valence-corrected chi connectivity index (χ4v) is 3.08. The summed E-state index contributed by atoms with van der Waals surface area (Å²) in [7, 11) is 0. The lowest BCUT2D eigenvalue weighted by molar-refractivity contribution is 0.673. The van der Waals surface area contributed by atoms with Gasteiger partial charge in [0, 0.05) is 23.2 Å². The molecule has 0 aromatic carbocycles. The Balaban J connectivity index is 2.32.